The average Bonchev–Trinajstić information content (AvgIpc) is 1.51. The van der Waals surface area contributed by atoms with Crippen molar-refractivity contribution in [2.24, 2.45) is 0 Å². The van der Waals surface area contributed by atoms with Gasteiger partial charge in [-0.3, -0.25) is 0 Å². The van der Waals surface area contributed by atoms with E-state index < -0.39 is 10.8 Å². The van der Waals surface area contributed by atoms with Crippen LogP contribution in [0.2, 0.25) is 0 Å². The summed E-state index contributed by atoms with van der Waals surface area (Å²) in [6.45, 7) is 28.0. The van der Waals surface area contributed by atoms with E-state index in [1.807, 2.05) is 35.6 Å². The van der Waals surface area contributed by atoms with Crippen LogP contribution in [-0.2, 0) is 32.5 Å². The molecule has 490 valence electrons. The Morgan fingerprint density at radius 3 is 0.901 bits per heavy atom. The van der Waals surface area contributed by atoms with Crippen LogP contribution in [0.5, 0.6) is 0 Å². The van der Waals surface area contributed by atoms with E-state index in [2.05, 4.69) is 277 Å². The first-order chi connectivity index (χ1) is 48.4. The molecule has 2 nitrogen and oxygen atoms in total. The Hall–Kier alpha value is -10.5. The van der Waals surface area contributed by atoms with Crippen LogP contribution >= 0.6 is 11.3 Å². The highest BCUT2D eigenvalue weighted by Crippen LogP contribution is 2.68. The number of rotatable bonds is 4. The molecule has 4 aliphatic rings. The first-order valence-electron chi connectivity index (χ1n) is 35.6. The Morgan fingerprint density at radius 1 is 0.257 bits per heavy atom. The van der Waals surface area contributed by atoms with Gasteiger partial charge in [0.1, 0.15) is 22.7 Å². The van der Waals surface area contributed by atoms with Crippen molar-refractivity contribution in [1.29, 1.82) is 0 Å². The number of hydrogen-bond donors (Lipinski definition) is 0. The zero-order valence-corrected chi connectivity index (χ0v) is 60.0. The molecule has 5 heteroatoms. The summed E-state index contributed by atoms with van der Waals surface area (Å²) >= 11 is 1.82. The van der Waals surface area contributed by atoms with Gasteiger partial charge in [-0.05, 0) is 202 Å². The lowest BCUT2D eigenvalue weighted by Gasteiger charge is -2.33. The molecule has 15 aromatic rings. The van der Waals surface area contributed by atoms with Gasteiger partial charge in [0, 0.05) is 21.9 Å². The van der Waals surface area contributed by atoms with Gasteiger partial charge in [0.25, 0.3) is 0 Å². The molecule has 13 aromatic carbocycles. The van der Waals surface area contributed by atoms with E-state index in [1.54, 1.807) is 0 Å². The fraction of sp³-hybridized carbons (Fsp3) is 0.188. The second kappa shape index (κ2) is 21.1. The standard InChI is InChI=1S/C96H76F2N2S/c1-91(2,3)57-33-43-65-66-44-34-58(92(4,5)6)50-80(66)95(79(65)49-57)75-23-15-13-19-69(75)83-71(21-17-25-77(83)95)89-87-88(100-86-74-48-56(54-29-39-62(98)40-30-54)32-42-64(74)63-41-31-55(47-73(63)85(86)99-87)53-27-37-61(97)38-28-53)90(101-89)72-22-18-26-78-84(72)70-20-14-16-24-76(70)96(78)81-51-59(93(7,8)9)35-45-67(81)68-46-36-60(52-82(68)96)94(10,11)12/h13-52H,1-12H3. The van der Waals surface area contributed by atoms with Crippen LogP contribution in [0.3, 0.4) is 0 Å². The van der Waals surface area contributed by atoms with Gasteiger partial charge in [0.2, 0.25) is 0 Å². The van der Waals surface area contributed by atoms with E-state index in [1.165, 1.54) is 136 Å². The molecule has 101 heavy (non-hydrogen) atoms. The third-order valence-corrected chi connectivity index (χ3v) is 24.3. The summed E-state index contributed by atoms with van der Waals surface area (Å²) in [5.41, 5.74) is 32.9. The van der Waals surface area contributed by atoms with Gasteiger partial charge in [-0.2, -0.15) is 0 Å². The molecule has 19 rings (SSSR count). The number of nitrogens with zero attached hydrogens (tertiary/aromatic N) is 2. The van der Waals surface area contributed by atoms with Crippen LogP contribution in [0.1, 0.15) is 150 Å². The fourth-order valence-electron chi connectivity index (χ4n) is 18.0. The van der Waals surface area contributed by atoms with Crippen molar-refractivity contribution in [3.63, 3.8) is 0 Å². The number of fused-ring (bicyclic) bond motifs is 27. The van der Waals surface area contributed by atoms with Crippen molar-refractivity contribution in [1.82, 2.24) is 9.97 Å². The molecule has 2 heterocycles. The largest absolute Gasteiger partial charge is 0.242 e. The lowest BCUT2D eigenvalue weighted by Crippen LogP contribution is -2.27. The number of thiophene rings is 1. The van der Waals surface area contributed by atoms with Gasteiger partial charge in [-0.25, -0.2) is 18.7 Å². The maximum Gasteiger partial charge on any atom is 0.123 e. The maximum absolute atomic E-state index is 14.8. The van der Waals surface area contributed by atoms with E-state index in [9.17, 15) is 8.78 Å². The second-order valence-electron chi connectivity index (χ2n) is 33.0. The lowest BCUT2D eigenvalue weighted by molar-refractivity contribution is 0.586. The van der Waals surface area contributed by atoms with E-state index in [-0.39, 0.29) is 33.3 Å². The van der Waals surface area contributed by atoms with Crippen molar-refractivity contribution in [2.75, 3.05) is 0 Å². The highest BCUT2D eigenvalue weighted by Gasteiger charge is 2.55. The molecule has 0 bridgehead atoms. The van der Waals surface area contributed by atoms with Gasteiger partial charge in [-0.15, -0.1) is 11.3 Å². The molecule has 0 radical (unpaired) electrons. The normalized spacial score (nSPS) is 14.4. The molecule has 0 N–H and O–H groups in total. The van der Waals surface area contributed by atoms with Crippen molar-refractivity contribution in [3.8, 4) is 87.6 Å². The fourth-order valence-corrected chi connectivity index (χ4v) is 19.2. The Kier molecular flexibility index (Phi) is 12.9. The van der Waals surface area contributed by atoms with E-state index in [0.29, 0.717) is 0 Å². The minimum Gasteiger partial charge on any atom is -0.242 e. The summed E-state index contributed by atoms with van der Waals surface area (Å²) in [5, 5.41) is 3.95. The van der Waals surface area contributed by atoms with Gasteiger partial charge in [0.05, 0.1) is 31.6 Å². The van der Waals surface area contributed by atoms with Crippen LogP contribution in [0.25, 0.3) is 131 Å². The van der Waals surface area contributed by atoms with E-state index in [0.717, 1.165) is 86.7 Å². The van der Waals surface area contributed by atoms with Crippen molar-refractivity contribution >= 4 is 54.9 Å². The Labute approximate surface area is 594 Å². The quantitative estimate of drug-likeness (QED) is 0.164. The zero-order valence-electron chi connectivity index (χ0n) is 59.2. The smallest absolute Gasteiger partial charge is 0.123 e. The Morgan fingerprint density at radius 2 is 0.564 bits per heavy atom. The van der Waals surface area contributed by atoms with Crippen molar-refractivity contribution in [2.45, 2.75) is 116 Å². The van der Waals surface area contributed by atoms with Crippen LogP contribution < -0.4 is 0 Å². The SMILES string of the molecule is CC(C)(C)c1ccc2c(c1)C1(c3cc(C(C)(C)C)ccc3-2)c2ccccc2-c2c(-c3sc(-c4cccc5c4-c4ccccc4C54c5cc(C(C)(C)C)ccc5-c5ccc(C(C)(C)C)cc54)c4nc5c6cc(-c7ccc(F)cc7)ccc6c6ccc(-c7ccc(F)cc7)cc6c5nc34)cccc21. The summed E-state index contributed by atoms with van der Waals surface area (Å²) in [6.07, 6.45) is 0. The molecule has 0 fully saturated rings. The molecule has 0 aliphatic heterocycles. The third kappa shape index (κ3) is 8.66. The number of hydrogen-bond acceptors (Lipinski definition) is 3. The minimum absolute atomic E-state index is 0.108. The molecule has 4 aliphatic carbocycles. The van der Waals surface area contributed by atoms with Gasteiger partial charge in [-0.1, -0.05) is 289 Å². The molecule has 0 unspecified atom stereocenters. The van der Waals surface area contributed by atoms with Crippen LogP contribution in [-0.4, -0.2) is 9.97 Å². The average molecular weight is 1330 g/mol. The molecular formula is C96H76F2N2S. The molecule has 0 saturated heterocycles. The first kappa shape index (κ1) is 61.6. The maximum atomic E-state index is 14.8. The van der Waals surface area contributed by atoms with Crippen LogP contribution in [0, 0.1) is 11.6 Å². The Bertz CT molecular complexity index is 5630. The number of benzene rings is 13. The third-order valence-electron chi connectivity index (χ3n) is 23.1. The number of halogens is 2. The summed E-state index contributed by atoms with van der Waals surface area (Å²) in [4.78, 5) is 14.6. The highest BCUT2D eigenvalue weighted by molar-refractivity contribution is 7.21. The Balaban J connectivity index is 0.960. The first-order valence-corrected chi connectivity index (χ1v) is 36.5. The van der Waals surface area contributed by atoms with Gasteiger partial charge >= 0.3 is 0 Å². The van der Waals surface area contributed by atoms with E-state index >= 15 is 0 Å². The predicted molar refractivity (Wildman–Crippen MR) is 419 cm³/mol. The molecule has 0 atom stereocenters. The van der Waals surface area contributed by atoms with Crippen molar-refractivity contribution < 1.29 is 8.78 Å². The molecule has 2 aromatic heterocycles. The summed E-state index contributed by atoms with van der Waals surface area (Å²) in [6, 6.07) is 88.5. The zero-order chi connectivity index (χ0) is 69.3. The summed E-state index contributed by atoms with van der Waals surface area (Å²) in [5.74, 6) is -0.568. The minimum atomic E-state index is -0.649. The summed E-state index contributed by atoms with van der Waals surface area (Å²) in [7, 11) is 0. The molecule has 2 spiro atoms. The lowest BCUT2D eigenvalue weighted by atomic mass is 9.68. The monoisotopic (exact) mass is 1330 g/mol. The van der Waals surface area contributed by atoms with Gasteiger partial charge in [0.15, 0.2) is 0 Å². The predicted octanol–water partition coefficient (Wildman–Crippen LogP) is 26.0. The number of aromatic nitrogens is 2. The van der Waals surface area contributed by atoms with Crippen molar-refractivity contribution in [3.05, 3.63) is 321 Å². The van der Waals surface area contributed by atoms with E-state index in [4.69, 9.17) is 9.97 Å². The second-order valence-corrected chi connectivity index (χ2v) is 34.0. The molecule has 0 amide bonds. The summed E-state index contributed by atoms with van der Waals surface area (Å²) < 4.78 is 29.6. The highest BCUT2D eigenvalue weighted by atomic mass is 32.1. The van der Waals surface area contributed by atoms with Crippen LogP contribution in [0.15, 0.2) is 243 Å². The topological polar surface area (TPSA) is 25.8 Å². The van der Waals surface area contributed by atoms with Gasteiger partial charge < -0.3 is 0 Å². The molecule has 0 saturated carbocycles. The molecular weight excluding hydrogens is 1250 g/mol. The van der Waals surface area contributed by atoms with Crippen LogP contribution in [0.4, 0.5) is 8.78 Å².